The van der Waals surface area contributed by atoms with Gasteiger partial charge in [-0.15, -0.1) is 0 Å². The zero-order chi connectivity index (χ0) is 9.26. The Balaban J connectivity index is 2.62. The minimum atomic E-state index is -0.00292. The molecule has 1 aliphatic carbocycles. The van der Waals surface area contributed by atoms with Gasteiger partial charge >= 0.3 is 0 Å². The molecule has 0 aromatic carbocycles. The molecule has 1 aromatic heterocycles. The second kappa shape index (κ2) is 3.05. The molecule has 1 N–H and O–H groups in total. The summed E-state index contributed by atoms with van der Waals surface area (Å²) in [7, 11) is 0. The van der Waals surface area contributed by atoms with Crippen LogP contribution in [0.3, 0.4) is 0 Å². The van der Waals surface area contributed by atoms with E-state index in [2.05, 4.69) is 11.1 Å². The molecule has 2 nitrogen and oxygen atoms in total. The van der Waals surface area contributed by atoms with Crippen molar-refractivity contribution in [3.8, 4) is 0 Å². The summed E-state index contributed by atoms with van der Waals surface area (Å²) in [6.07, 6.45) is 8.53. The molecule has 0 unspecified atom stereocenters. The van der Waals surface area contributed by atoms with Gasteiger partial charge in [0.05, 0.1) is 0 Å². The van der Waals surface area contributed by atoms with Gasteiger partial charge in [0.15, 0.2) is 0 Å². The standard InChI is InChI=1S/C11H11NO/c1-8-2-4-9-6-7-12-11(13)10(9)5-3-8/h2-3,5-7H,4H2,1H3,(H,12,13). The number of hydrogen-bond donors (Lipinski definition) is 1. The molecule has 0 saturated carbocycles. The lowest BCUT2D eigenvalue weighted by atomic mass is 10.1. The lowest BCUT2D eigenvalue weighted by Crippen LogP contribution is -2.10. The molecule has 66 valence electrons. The Kier molecular flexibility index (Phi) is 1.89. The Morgan fingerprint density at radius 3 is 3.08 bits per heavy atom. The fourth-order valence-electron chi connectivity index (χ4n) is 1.45. The van der Waals surface area contributed by atoms with Gasteiger partial charge in [-0.05, 0) is 31.1 Å². The van der Waals surface area contributed by atoms with E-state index in [1.807, 2.05) is 25.1 Å². The largest absolute Gasteiger partial charge is 0.329 e. The van der Waals surface area contributed by atoms with Crippen molar-refractivity contribution in [2.24, 2.45) is 0 Å². The lowest BCUT2D eigenvalue weighted by molar-refractivity contribution is 1.15. The van der Waals surface area contributed by atoms with Gasteiger partial charge in [-0.25, -0.2) is 0 Å². The van der Waals surface area contributed by atoms with Gasteiger partial charge in [0.1, 0.15) is 0 Å². The summed E-state index contributed by atoms with van der Waals surface area (Å²) < 4.78 is 0. The molecule has 0 bridgehead atoms. The van der Waals surface area contributed by atoms with Gasteiger partial charge < -0.3 is 4.98 Å². The second-order valence-corrected chi connectivity index (χ2v) is 3.23. The zero-order valence-electron chi connectivity index (χ0n) is 7.50. The number of fused-ring (bicyclic) bond motifs is 1. The van der Waals surface area contributed by atoms with E-state index in [1.54, 1.807) is 6.20 Å². The first kappa shape index (κ1) is 8.05. The third kappa shape index (κ3) is 1.47. The first-order chi connectivity index (χ1) is 6.27. The number of allylic oxidation sites excluding steroid dienone is 3. The molecular weight excluding hydrogens is 162 g/mol. The summed E-state index contributed by atoms with van der Waals surface area (Å²) >= 11 is 0. The molecule has 0 radical (unpaired) electrons. The highest BCUT2D eigenvalue weighted by molar-refractivity contribution is 5.57. The molecule has 0 spiro atoms. The molecule has 0 fully saturated rings. The number of H-pyrrole nitrogens is 1. The van der Waals surface area contributed by atoms with E-state index in [0.29, 0.717) is 0 Å². The maximum absolute atomic E-state index is 11.4. The van der Waals surface area contributed by atoms with Crippen LogP contribution in [0.1, 0.15) is 18.1 Å². The van der Waals surface area contributed by atoms with E-state index < -0.39 is 0 Å². The van der Waals surface area contributed by atoms with Crippen LogP contribution in [-0.4, -0.2) is 4.98 Å². The minimum Gasteiger partial charge on any atom is -0.329 e. The Morgan fingerprint density at radius 2 is 2.23 bits per heavy atom. The molecule has 1 heterocycles. The van der Waals surface area contributed by atoms with Crippen LogP contribution >= 0.6 is 0 Å². The Labute approximate surface area is 76.6 Å². The number of hydrogen-bond acceptors (Lipinski definition) is 1. The monoisotopic (exact) mass is 173 g/mol. The predicted octanol–water partition coefficient (Wildman–Crippen LogP) is 1.89. The summed E-state index contributed by atoms with van der Waals surface area (Å²) in [5.41, 5.74) is 3.08. The van der Waals surface area contributed by atoms with E-state index in [1.165, 1.54) is 5.57 Å². The highest BCUT2D eigenvalue weighted by atomic mass is 16.1. The van der Waals surface area contributed by atoms with Crippen molar-refractivity contribution in [2.75, 3.05) is 0 Å². The van der Waals surface area contributed by atoms with Crippen LogP contribution in [0.4, 0.5) is 0 Å². The van der Waals surface area contributed by atoms with E-state index in [0.717, 1.165) is 17.5 Å². The van der Waals surface area contributed by atoms with Crippen LogP contribution in [0.2, 0.25) is 0 Å². The highest BCUT2D eigenvalue weighted by Crippen LogP contribution is 2.13. The van der Waals surface area contributed by atoms with Crippen LogP contribution in [0.5, 0.6) is 0 Å². The normalized spacial score (nSPS) is 14.7. The number of aromatic nitrogens is 1. The van der Waals surface area contributed by atoms with Crippen LogP contribution in [-0.2, 0) is 6.42 Å². The summed E-state index contributed by atoms with van der Waals surface area (Å²) in [5, 5.41) is 0. The van der Waals surface area contributed by atoms with Crippen LogP contribution in [0.25, 0.3) is 6.08 Å². The third-order valence-corrected chi connectivity index (χ3v) is 2.25. The first-order valence-electron chi connectivity index (χ1n) is 4.33. The fraction of sp³-hybridized carbons (Fsp3) is 0.182. The van der Waals surface area contributed by atoms with E-state index in [-0.39, 0.29) is 5.56 Å². The first-order valence-corrected chi connectivity index (χ1v) is 4.33. The van der Waals surface area contributed by atoms with Crippen molar-refractivity contribution < 1.29 is 0 Å². The predicted molar refractivity (Wildman–Crippen MR) is 53.6 cm³/mol. The maximum Gasteiger partial charge on any atom is 0.255 e. The second-order valence-electron chi connectivity index (χ2n) is 3.23. The smallest absolute Gasteiger partial charge is 0.255 e. The van der Waals surface area contributed by atoms with Crippen LogP contribution in [0, 0.1) is 0 Å². The van der Waals surface area contributed by atoms with Crippen molar-refractivity contribution in [3.63, 3.8) is 0 Å². The summed E-state index contributed by atoms with van der Waals surface area (Å²) in [4.78, 5) is 14.1. The van der Waals surface area contributed by atoms with Crippen LogP contribution < -0.4 is 5.56 Å². The van der Waals surface area contributed by atoms with Gasteiger partial charge in [0, 0.05) is 11.8 Å². The molecule has 2 rings (SSSR count). The topological polar surface area (TPSA) is 32.9 Å². The van der Waals surface area contributed by atoms with Crippen molar-refractivity contribution in [1.29, 1.82) is 0 Å². The Bertz CT molecular complexity index is 438. The molecule has 1 aliphatic rings. The average molecular weight is 173 g/mol. The number of aromatic amines is 1. The van der Waals surface area contributed by atoms with Gasteiger partial charge in [-0.3, -0.25) is 4.79 Å². The summed E-state index contributed by atoms with van der Waals surface area (Å²) in [5.74, 6) is 0. The van der Waals surface area contributed by atoms with E-state index >= 15 is 0 Å². The SMILES string of the molecule is CC1=CCc2cc[nH]c(=O)c2C=C1. The molecular formula is C11H11NO. The zero-order valence-corrected chi connectivity index (χ0v) is 7.50. The summed E-state index contributed by atoms with van der Waals surface area (Å²) in [6, 6.07) is 1.95. The number of rotatable bonds is 0. The molecule has 0 aliphatic heterocycles. The number of nitrogens with one attached hydrogen (secondary N) is 1. The van der Waals surface area contributed by atoms with E-state index in [9.17, 15) is 4.79 Å². The van der Waals surface area contributed by atoms with Crippen molar-refractivity contribution in [3.05, 3.63) is 51.5 Å². The molecule has 0 amide bonds. The van der Waals surface area contributed by atoms with Crippen LogP contribution in [0.15, 0.2) is 34.8 Å². The highest BCUT2D eigenvalue weighted by Gasteiger charge is 2.04. The fourth-order valence-corrected chi connectivity index (χ4v) is 1.45. The van der Waals surface area contributed by atoms with Gasteiger partial charge in [0.25, 0.3) is 5.56 Å². The molecule has 2 heteroatoms. The molecule has 13 heavy (non-hydrogen) atoms. The Hall–Kier alpha value is -1.57. The van der Waals surface area contributed by atoms with Crippen molar-refractivity contribution in [2.45, 2.75) is 13.3 Å². The molecule has 0 atom stereocenters. The Morgan fingerprint density at radius 1 is 1.38 bits per heavy atom. The van der Waals surface area contributed by atoms with Gasteiger partial charge in [0.2, 0.25) is 0 Å². The molecule has 0 saturated heterocycles. The average Bonchev–Trinajstić information content (AvgIpc) is 2.30. The quantitative estimate of drug-likeness (QED) is 0.638. The van der Waals surface area contributed by atoms with Gasteiger partial charge in [-0.2, -0.15) is 0 Å². The third-order valence-electron chi connectivity index (χ3n) is 2.25. The van der Waals surface area contributed by atoms with Gasteiger partial charge in [-0.1, -0.05) is 17.7 Å². The maximum atomic E-state index is 11.4. The van der Waals surface area contributed by atoms with Crippen molar-refractivity contribution in [1.82, 2.24) is 4.98 Å². The lowest BCUT2D eigenvalue weighted by Gasteiger charge is -1.98. The summed E-state index contributed by atoms with van der Waals surface area (Å²) in [6.45, 7) is 2.04. The van der Waals surface area contributed by atoms with Crippen molar-refractivity contribution >= 4 is 6.08 Å². The number of pyridine rings is 1. The molecule has 1 aromatic rings. The minimum absolute atomic E-state index is 0.00292. The van der Waals surface area contributed by atoms with E-state index in [4.69, 9.17) is 0 Å².